The average molecular weight is 230 g/mol. The minimum Gasteiger partial charge on any atom is -0.358 e. The number of imidazole rings is 1. The third-order valence-corrected chi connectivity index (χ3v) is 2.53. The van der Waals surface area contributed by atoms with Crippen molar-refractivity contribution in [1.82, 2.24) is 14.4 Å². The third-order valence-electron chi connectivity index (χ3n) is 2.53. The largest absolute Gasteiger partial charge is 0.358 e. The van der Waals surface area contributed by atoms with Gasteiger partial charge in [-0.2, -0.15) is 4.40 Å². The summed E-state index contributed by atoms with van der Waals surface area (Å²) in [5, 5.41) is 10.9. The van der Waals surface area contributed by atoms with Crippen molar-refractivity contribution in [3.63, 3.8) is 0 Å². The fourth-order valence-electron chi connectivity index (χ4n) is 1.82. The molecule has 1 aromatic carbocycles. The van der Waals surface area contributed by atoms with Gasteiger partial charge in [-0.25, -0.2) is 4.98 Å². The Labute approximate surface area is 93.5 Å². The van der Waals surface area contributed by atoms with Gasteiger partial charge < -0.3 is 15.1 Å². The minimum absolute atomic E-state index is 0.0235. The highest BCUT2D eigenvalue weighted by molar-refractivity contribution is 5.78. The minimum atomic E-state index is -0.564. The summed E-state index contributed by atoms with van der Waals surface area (Å²) in [6.45, 7) is 0. The highest BCUT2D eigenvalue weighted by Gasteiger charge is 2.19. The monoisotopic (exact) mass is 230 g/mol. The van der Waals surface area contributed by atoms with Crippen molar-refractivity contribution in [3.05, 3.63) is 50.9 Å². The van der Waals surface area contributed by atoms with E-state index >= 15 is 0 Å². The number of benzene rings is 1. The molecule has 0 aliphatic heterocycles. The molecule has 0 bridgehead atoms. The number of nitrogens with one attached hydrogen (secondary N) is 1. The molecule has 84 valence electrons. The lowest BCUT2D eigenvalue weighted by Crippen LogP contribution is -2.11. The molecule has 0 saturated carbocycles. The van der Waals surface area contributed by atoms with Crippen LogP contribution in [-0.2, 0) is 0 Å². The molecule has 7 heteroatoms. The number of para-hydroxylation sites is 2. The summed E-state index contributed by atoms with van der Waals surface area (Å²) >= 11 is 0. The number of hydrogen-bond acceptors (Lipinski definition) is 4. The van der Waals surface area contributed by atoms with Crippen LogP contribution in [0.5, 0.6) is 0 Å². The van der Waals surface area contributed by atoms with Crippen molar-refractivity contribution in [2.45, 2.75) is 0 Å². The molecule has 0 unspecified atom stereocenters. The zero-order valence-electron chi connectivity index (χ0n) is 8.45. The lowest BCUT2D eigenvalue weighted by atomic mass is 10.3. The van der Waals surface area contributed by atoms with E-state index in [0.29, 0.717) is 11.0 Å². The Kier molecular flexibility index (Phi) is 1.76. The first-order chi connectivity index (χ1) is 8.18. The number of rotatable bonds is 1. The van der Waals surface area contributed by atoms with Crippen molar-refractivity contribution in [2.75, 3.05) is 0 Å². The molecule has 0 radical (unpaired) electrons. The summed E-state index contributed by atoms with van der Waals surface area (Å²) in [4.78, 5) is 28.4. The summed E-state index contributed by atoms with van der Waals surface area (Å²) in [7, 11) is 0. The molecule has 0 spiro atoms. The first-order valence-corrected chi connectivity index (χ1v) is 4.81. The molecule has 17 heavy (non-hydrogen) atoms. The van der Waals surface area contributed by atoms with Crippen LogP contribution in [0.4, 0.5) is 5.82 Å². The first kappa shape index (κ1) is 9.52. The van der Waals surface area contributed by atoms with Gasteiger partial charge in [-0.15, -0.1) is 0 Å². The second-order valence-corrected chi connectivity index (χ2v) is 3.50. The number of aromatic amines is 1. The van der Waals surface area contributed by atoms with E-state index in [4.69, 9.17) is 0 Å². The van der Waals surface area contributed by atoms with Crippen molar-refractivity contribution in [1.29, 1.82) is 0 Å². The van der Waals surface area contributed by atoms with Crippen LogP contribution in [0, 0.1) is 10.1 Å². The quantitative estimate of drug-likeness (QED) is 0.500. The van der Waals surface area contributed by atoms with Crippen LogP contribution < -0.4 is 5.56 Å². The molecule has 0 saturated heterocycles. The van der Waals surface area contributed by atoms with Crippen LogP contribution in [0.15, 0.2) is 35.3 Å². The Morgan fingerprint density at radius 3 is 2.88 bits per heavy atom. The van der Waals surface area contributed by atoms with Gasteiger partial charge in [0, 0.05) is 0 Å². The number of hydrogen-bond donors (Lipinski definition) is 1. The summed E-state index contributed by atoms with van der Waals surface area (Å²) in [6, 6.07) is 6.85. The van der Waals surface area contributed by atoms with Crippen molar-refractivity contribution < 1.29 is 4.92 Å². The van der Waals surface area contributed by atoms with Gasteiger partial charge in [0.05, 0.1) is 5.52 Å². The van der Waals surface area contributed by atoms with Crippen LogP contribution in [-0.4, -0.2) is 19.3 Å². The maximum Gasteiger partial charge on any atom is 0.348 e. The van der Waals surface area contributed by atoms with Gasteiger partial charge in [-0.3, -0.25) is 4.79 Å². The Bertz CT molecular complexity index is 802. The smallest absolute Gasteiger partial charge is 0.348 e. The lowest BCUT2D eigenvalue weighted by Gasteiger charge is -1.98. The van der Waals surface area contributed by atoms with Crippen molar-refractivity contribution in [3.8, 4) is 0 Å². The maximum atomic E-state index is 11.7. The number of H-pyrrole nitrogens is 1. The van der Waals surface area contributed by atoms with E-state index in [1.807, 2.05) is 0 Å². The van der Waals surface area contributed by atoms with Gasteiger partial charge in [0.1, 0.15) is 6.20 Å². The Balaban J connectivity index is 2.65. The zero-order chi connectivity index (χ0) is 12.0. The molecule has 3 rings (SSSR count). The van der Waals surface area contributed by atoms with Gasteiger partial charge in [-0.1, -0.05) is 12.1 Å². The van der Waals surface area contributed by atoms with E-state index < -0.39 is 10.5 Å². The molecule has 1 N–H and O–H groups in total. The van der Waals surface area contributed by atoms with Crippen molar-refractivity contribution >= 4 is 22.5 Å². The van der Waals surface area contributed by atoms with E-state index in [1.54, 1.807) is 24.3 Å². The summed E-state index contributed by atoms with van der Waals surface area (Å²) in [5.41, 5.74) is 0.657. The summed E-state index contributed by atoms with van der Waals surface area (Å²) < 4.78 is 1.24. The van der Waals surface area contributed by atoms with Crippen molar-refractivity contribution in [2.24, 2.45) is 0 Å². The highest BCUT2D eigenvalue weighted by atomic mass is 16.6. The van der Waals surface area contributed by atoms with Gasteiger partial charge in [-0.05, 0) is 17.1 Å². The van der Waals surface area contributed by atoms with E-state index in [-0.39, 0.29) is 11.5 Å². The molecule has 7 nitrogen and oxygen atoms in total. The first-order valence-electron chi connectivity index (χ1n) is 4.81. The standard InChI is InChI=1S/C10H6N4O3/c15-10-9-11-5-8(14(16)17)13(9)7-4-2-1-3-6(7)12-10/h1-5H,(H,12,15). The number of aromatic nitrogens is 3. The van der Waals surface area contributed by atoms with E-state index in [0.717, 1.165) is 6.20 Å². The molecule has 3 aromatic rings. The molecule has 0 fully saturated rings. The highest BCUT2D eigenvalue weighted by Crippen LogP contribution is 2.18. The second-order valence-electron chi connectivity index (χ2n) is 3.50. The number of fused-ring (bicyclic) bond motifs is 3. The molecule has 0 atom stereocenters. The molecule has 0 aliphatic rings. The molecular weight excluding hydrogens is 224 g/mol. The number of nitro groups is 1. The van der Waals surface area contributed by atoms with Gasteiger partial charge in [0.25, 0.3) is 5.65 Å². The molecule has 0 aliphatic carbocycles. The van der Waals surface area contributed by atoms with Crippen LogP contribution in [0.2, 0.25) is 0 Å². The van der Waals surface area contributed by atoms with Crippen LogP contribution in [0.25, 0.3) is 16.7 Å². The fraction of sp³-hybridized carbons (Fsp3) is 0. The van der Waals surface area contributed by atoms with Crippen LogP contribution in [0.3, 0.4) is 0 Å². The molecular formula is C10H6N4O3. The van der Waals surface area contributed by atoms with Gasteiger partial charge >= 0.3 is 11.4 Å². The van der Waals surface area contributed by atoms with Crippen LogP contribution in [0.1, 0.15) is 0 Å². The lowest BCUT2D eigenvalue weighted by molar-refractivity contribution is -0.390. The predicted octanol–water partition coefficient (Wildman–Crippen LogP) is 1.08. The molecule has 0 amide bonds. The van der Waals surface area contributed by atoms with E-state index in [1.165, 1.54) is 4.40 Å². The SMILES string of the molecule is O=c1[nH]c2ccccc2n2c([N+](=O)[O-])cnc12. The number of nitrogens with zero attached hydrogens (tertiary/aromatic N) is 3. The Morgan fingerprint density at radius 1 is 1.35 bits per heavy atom. The summed E-state index contributed by atoms with van der Waals surface area (Å²) in [5.74, 6) is -0.220. The predicted molar refractivity (Wildman–Crippen MR) is 60.0 cm³/mol. The Hall–Kier alpha value is -2.70. The third kappa shape index (κ3) is 1.22. The normalized spacial score (nSPS) is 11.1. The maximum absolute atomic E-state index is 11.7. The Morgan fingerprint density at radius 2 is 2.12 bits per heavy atom. The van der Waals surface area contributed by atoms with E-state index in [2.05, 4.69) is 9.97 Å². The van der Waals surface area contributed by atoms with Crippen LogP contribution >= 0.6 is 0 Å². The van der Waals surface area contributed by atoms with Gasteiger partial charge in [0.15, 0.2) is 5.52 Å². The topological polar surface area (TPSA) is 93.3 Å². The average Bonchev–Trinajstić information content (AvgIpc) is 2.74. The van der Waals surface area contributed by atoms with Gasteiger partial charge in [0.2, 0.25) is 0 Å². The fourth-order valence-corrected chi connectivity index (χ4v) is 1.82. The second kappa shape index (κ2) is 3.14. The zero-order valence-corrected chi connectivity index (χ0v) is 8.45. The molecule has 2 aromatic heterocycles. The van der Waals surface area contributed by atoms with E-state index in [9.17, 15) is 14.9 Å². The summed E-state index contributed by atoms with van der Waals surface area (Å²) in [6.07, 6.45) is 1.08. The molecule has 2 heterocycles.